The van der Waals surface area contributed by atoms with E-state index in [2.05, 4.69) is 5.32 Å². The van der Waals surface area contributed by atoms with Crippen LogP contribution in [0.25, 0.3) is 0 Å². The average Bonchev–Trinajstić information content (AvgIpc) is 2.58. The molecule has 5 nitrogen and oxygen atoms in total. The standard InChI is InChI=1S/C18H16FNO4/c19-14-7-4-8-15(11-14)20-17(22)12-24-18(23)10-9-16(21)13-5-2-1-3-6-13/h1-8,11H,9-10,12H2,(H,20,22). The van der Waals surface area contributed by atoms with E-state index in [4.69, 9.17) is 4.74 Å². The van der Waals surface area contributed by atoms with Crippen molar-refractivity contribution in [3.63, 3.8) is 0 Å². The van der Waals surface area contributed by atoms with Gasteiger partial charge >= 0.3 is 5.97 Å². The lowest BCUT2D eigenvalue weighted by molar-refractivity contribution is -0.147. The lowest BCUT2D eigenvalue weighted by atomic mass is 10.1. The molecule has 124 valence electrons. The van der Waals surface area contributed by atoms with Crippen LogP contribution in [0.15, 0.2) is 54.6 Å². The van der Waals surface area contributed by atoms with Crippen molar-refractivity contribution in [3.8, 4) is 0 Å². The van der Waals surface area contributed by atoms with E-state index < -0.39 is 24.3 Å². The minimum Gasteiger partial charge on any atom is -0.456 e. The molecule has 1 amide bonds. The molecule has 6 heteroatoms. The second-order valence-electron chi connectivity index (χ2n) is 5.01. The van der Waals surface area contributed by atoms with Crippen molar-refractivity contribution in [1.82, 2.24) is 0 Å². The van der Waals surface area contributed by atoms with Crippen LogP contribution in [0.1, 0.15) is 23.2 Å². The Bertz CT molecular complexity index is 731. The van der Waals surface area contributed by atoms with E-state index in [0.29, 0.717) is 5.56 Å². The summed E-state index contributed by atoms with van der Waals surface area (Å²) in [6.07, 6.45) is -0.102. The van der Waals surface area contributed by atoms with Crippen LogP contribution in [0, 0.1) is 5.82 Å². The predicted molar refractivity (Wildman–Crippen MR) is 86.0 cm³/mol. The van der Waals surface area contributed by atoms with Crippen LogP contribution < -0.4 is 5.32 Å². The maximum Gasteiger partial charge on any atom is 0.306 e. The van der Waals surface area contributed by atoms with Gasteiger partial charge < -0.3 is 10.1 Å². The number of amides is 1. The number of benzene rings is 2. The van der Waals surface area contributed by atoms with Crippen molar-refractivity contribution in [2.24, 2.45) is 0 Å². The summed E-state index contributed by atoms with van der Waals surface area (Å²) in [5.41, 5.74) is 0.796. The molecule has 0 bridgehead atoms. The number of anilines is 1. The van der Waals surface area contributed by atoms with Crippen molar-refractivity contribution in [2.75, 3.05) is 11.9 Å². The van der Waals surface area contributed by atoms with Gasteiger partial charge in [0.2, 0.25) is 0 Å². The molecule has 0 saturated heterocycles. The fourth-order valence-electron chi connectivity index (χ4n) is 1.97. The van der Waals surface area contributed by atoms with E-state index in [1.165, 1.54) is 18.2 Å². The van der Waals surface area contributed by atoms with Gasteiger partial charge in [-0.2, -0.15) is 0 Å². The molecular weight excluding hydrogens is 313 g/mol. The first-order chi connectivity index (χ1) is 11.5. The third-order valence-corrected chi connectivity index (χ3v) is 3.12. The number of halogens is 1. The summed E-state index contributed by atoms with van der Waals surface area (Å²) in [4.78, 5) is 35.0. The second-order valence-corrected chi connectivity index (χ2v) is 5.01. The van der Waals surface area contributed by atoms with Crippen LogP contribution in [-0.2, 0) is 14.3 Å². The Labute approximate surface area is 138 Å². The van der Waals surface area contributed by atoms with Gasteiger partial charge in [0.15, 0.2) is 12.4 Å². The van der Waals surface area contributed by atoms with Gasteiger partial charge in [0.1, 0.15) is 5.82 Å². The largest absolute Gasteiger partial charge is 0.456 e. The van der Waals surface area contributed by atoms with Gasteiger partial charge in [-0.15, -0.1) is 0 Å². The van der Waals surface area contributed by atoms with Crippen LogP contribution >= 0.6 is 0 Å². The third kappa shape index (κ3) is 5.64. The van der Waals surface area contributed by atoms with Gasteiger partial charge in [0.25, 0.3) is 5.91 Å². The van der Waals surface area contributed by atoms with Crippen molar-refractivity contribution in [3.05, 3.63) is 66.0 Å². The Morgan fingerprint density at radius 1 is 0.958 bits per heavy atom. The first kappa shape index (κ1) is 17.3. The Kier molecular flexibility index (Phi) is 6.19. The Hall–Kier alpha value is -3.02. The number of ether oxygens (including phenoxy) is 1. The smallest absolute Gasteiger partial charge is 0.306 e. The predicted octanol–water partition coefficient (Wildman–Crippen LogP) is 2.97. The summed E-state index contributed by atoms with van der Waals surface area (Å²) >= 11 is 0. The molecule has 0 aliphatic carbocycles. The Morgan fingerprint density at radius 2 is 1.71 bits per heavy atom. The number of nitrogens with one attached hydrogen (secondary N) is 1. The minimum atomic E-state index is -0.645. The fraction of sp³-hybridized carbons (Fsp3) is 0.167. The lowest BCUT2D eigenvalue weighted by Crippen LogP contribution is -2.21. The zero-order chi connectivity index (χ0) is 17.4. The molecule has 0 heterocycles. The molecule has 0 radical (unpaired) electrons. The van der Waals surface area contributed by atoms with E-state index >= 15 is 0 Å². The maximum atomic E-state index is 13.0. The second kappa shape index (κ2) is 8.57. The molecule has 0 aliphatic heterocycles. The van der Waals surface area contributed by atoms with Crippen LogP contribution in [0.4, 0.5) is 10.1 Å². The molecule has 0 saturated carbocycles. The highest BCUT2D eigenvalue weighted by molar-refractivity contribution is 5.97. The van der Waals surface area contributed by atoms with E-state index in [0.717, 1.165) is 6.07 Å². The highest BCUT2D eigenvalue weighted by atomic mass is 19.1. The van der Waals surface area contributed by atoms with Crippen molar-refractivity contribution < 1.29 is 23.5 Å². The maximum absolute atomic E-state index is 13.0. The molecule has 0 fully saturated rings. The third-order valence-electron chi connectivity index (χ3n) is 3.12. The van der Waals surface area contributed by atoms with E-state index in [9.17, 15) is 18.8 Å². The van der Waals surface area contributed by atoms with Gasteiger partial charge in [0.05, 0.1) is 6.42 Å². The van der Waals surface area contributed by atoms with E-state index in [1.54, 1.807) is 30.3 Å². The molecule has 24 heavy (non-hydrogen) atoms. The molecule has 2 aromatic carbocycles. The van der Waals surface area contributed by atoms with E-state index in [1.807, 2.05) is 0 Å². The Balaban J connectivity index is 1.71. The summed E-state index contributed by atoms with van der Waals surface area (Å²) in [6.45, 7) is -0.491. The molecular formula is C18H16FNO4. The average molecular weight is 329 g/mol. The monoisotopic (exact) mass is 329 g/mol. The topological polar surface area (TPSA) is 72.5 Å². The normalized spacial score (nSPS) is 10.0. The van der Waals surface area contributed by atoms with Crippen molar-refractivity contribution >= 4 is 23.3 Å². The SMILES string of the molecule is O=C(COC(=O)CCC(=O)c1ccccc1)Nc1cccc(F)c1. The fourth-order valence-corrected chi connectivity index (χ4v) is 1.97. The summed E-state index contributed by atoms with van der Waals surface area (Å²) < 4.78 is 17.8. The summed E-state index contributed by atoms with van der Waals surface area (Å²) in [5.74, 6) is -1.88. The van der Waals surface area contributed by atoms with Crippen LogP contribution in [0.5, 0.6) is 0 Å². The number of esters is 1. The molecule has 0 aliphatic rings. The van der Waals surface area contributed by atoms with Gasteiger partial charge in [-0.05, 0) is 18.2 Å². The summed E-state index contributed by atoms with van der Waals surface area (Å²) in [6, 6.07) is 14.0. The van der Waals surface area contributed by atoms with Gasteiger partial charge in [-0.1, -0.05) is 36.4 Å². The number of carbonyl (C=O) groups excluding carboxylic acids is 3. The highest BCUT2D eigenvalue weighted by Gasteiger charge is 2.12. The number of hydrogen-bond acceptors (Lipinski definition) is 4. The molecule has 0 atom stereocenters. The number of ketones is 1. The molecule has 0 spiro atoms. The molecule has 1 N–H and O–H groups in total. The molecule has 2 aromatic rings. The summed E-state index contributed by atoms with van der Waals surface area (Å²) in [7, 11) is 0. The van der Waals surface area contributed by atoms with Gasteiger partial charge in [-0.3, -0.25) is 14.4 Å². The van der Waals surface area contributed by atoms with E-state index in [-0.39, 0.29) is 24.3 Å². The highest BCUT2D eigenvalue weighted by Crippen LogP contribution is 2.09. The first-order valence-electron chi connectivity index (χ1n) is 7.34. The molecule has 0 unspecified atom stereocenters. The Morgan fingerprint density at radius 3 is 2.42 bits per heavy atom. The van der Waals surface area contributed by atoms with Crippen LogP contribution in [0.2, 0.25) is 0 Å². The summed E-state index contributed by atoms with van der Waals surface area (Å²) in [5, 5.41) is 2.41. The van der Waals surface area contributed by atoms with Gasteiger partial charge in [0, 0.05) is 17.7 Å². The number of carbonyl (C=O) groups is 3. The molecule has 2 rings (SSSR count). The number of hydrogen-bond donors (Lipinski definition) is 1. The minimum absolute atomic E-state index is 0.00830. The van der Waals surface area contributed by atoms with Crippen LogP contribution in [0.3, 0.4) is 0 Å². The first-order valence-corrected chi connectivity index (χ1v) is 7.34. The number of rotatable bonds is 7. The molecule has 0 aromatic heterocycles. The zero-order valence-electron chi connectivity index (χ0n) is 12.8. The zero-order valence-corrected chi connectivity index (χ0v) is 12.8. The van der Waals surface area contributed by atoms with Crippen molar-refractivity contribution in [2.45, 2.75) is 12.8 Å². The van der Waals surface area contributed by atoms with Crippen molar-refractivity contribution in [1.29, 1.82) is 0 Å². The quantitative estimate of drug-likeness (QED) is 0.626. The van der Waals surface area contributed by atoms with Crippen LogP contribution in [-0.4, -0.2) is 24.3 Å². The number of Topliss-reactive ketones (excluding diaryl/α,β-unsaturated/α-hetero) is 1. The lowest BCUT2D eigenvalue weighted by Gasteiger charge is -2.06. The van der Waals surface area contributed by atoms with Gasteiger partial charge in [-0.25, -0.2) is 4.39 Å².